The molecule has 2 aromatic rings. The van der Waals surface area contributed by atoms with Crippen molar-refractivity contribution in [2.24, 2.45) is 5.73 Å². The molecule has 2 aliphatic rings. The second kappa shape index (κ2) is 11.5. The number of piperazine rings is 1. The van der Waals surface area contributed by atoms with E-state index in [0.717, 1.165) is 6.92 Å². The Morgan fingerprint density at radius 1 is 1.11 bits per heavy atom. The topological polar surface area (TPSA) is 209 Å². The van der Waals surface area contributed by atoms with Crippen molar-refractivity contribution in [3.63, 3.8) is 0 Å². The third-order valence-electron chi connectivity index (χ3n) is 5.81. The standard InChI is InChI=1S/C21H27N7O4S.C2H4O2/c22-15-3-6-19(18(23)11-15)33(30,31)27-9-7-26(8-10-27)12-17-13-28(21(29)32-17)16-4-1-14(2-5-16)20(24)25;1-2(3)4/h1-6,11,17H,7-10,12-13,22-23H2,(H3,24,25);1H3,(H,3,4). The van der Waals surface area contributed by atoms with Crippen LogP contribution in [0.5, 0.6) is 0 Å². The Labute approximate surface area is 214 Å². The number of rotatable bonds is 6. The van der Waals surface area contributed by atoms with Crippen LogP contribution in [0.1, 0.15) is 12.5 Å². The third-order valence-corrected chi connectivity index (χ3v) is 7.78. The lowest BCUT2D eigenvalue weighted by atomic mass is 10.2. The van der Waals surface area contributed by atoms with E-state index in [4.69, 9.17) is 37.2 Å². The van der Waals surface area contributed by atoms with Gasteiger partial charge < -0.3 is 27.0 Å². The normalized spacial score (nSPS) is 18.6. The van der Waals surface area contributed by atoms with Crippen LogP contribution in [0.15, 0.2) is 47.4 Å². The van der Waals surface area contributed by atoms with Crippen molar-refractivity contribution in [3.05, 3.63) is 48.0 Å². The summed E-state index contributed by atoms with van der Waals surface area (Å²) in [5.41, 5.74) is 18.8. The maximum atomic E-state index is 13.0. The van der Waals surface area contributed by atoms with E-state index in [0.29, 0.717) is 56.2 Å². The Kier molecular flexibility index (Phi) is 8.57. The van der Waals surface area contributed by atoms with Gasteiger partial charge >= 0.3 is 6.09 Å². The number of aliphatic carboxylic acids is 1. The number of anilines is 3. The highest BCUT2D eigenvalue weighted by Crippen LogP contribution is 2.26. The average molecular weight is 534 g/mol. The van der Waals surface area contributed by atoms with E-state index in [9.17, 15) is 13.2 Å². The number of carbonyl (C=O) groups is 2. The van der Waals surface area contributed by atoms with E-state index in [-0.39, 0.29) is 22.5 Å². The molecule has 1 amide bonds. The summed E-state index contributed by atoms with van der Waals surface area (Å²) in [5, 5.41) is 14.9. The second-order valence-corrected chi connectivity index (χ2v) is 10.5. The first-order valence-corrected chi connectivity index (χ1v) is 12.8. The second-order valence-electron chi connectivity index (χ2n) is 8.60. The molecule has 1 unspecified atom stereocenters. The van der Waals surface area contributed by atoms with Crippen LogP contribution in [0.3, 0.4) is 0 Å². The third kappa shape index (κ3) is 6.87. The molecule has 0 radical (unpaired) electrons. The lowest BCUT2D eigenvalue weighted by Crippen LogP contribution is -2.50. The van der Waals surface area contributed by atoms with E-state index in [1.54, 1.807) is 29.2 Å². The van der Waals surface area contributed by atoms with E-state index < -0.39 is 22.1 Å². The summed E-state index contributed by atoms with van der Waals surface area (Å²) in [7, 11) is -3.71. The van der Waals surface area contributed by atoms with Gasteiger partial charge in [-0.15, -0.1) is 0 Å². The number of nitrogens with zero attached hydrogens (tertiary/aromatic N) is 3. The quantitative estimate of drug-likeness (QED) is 0.198. The molecule has 2 fully saturated rings. The van der Waals surface area contributed by atoms with Crippen molar-refractivity contribution in [2.45, 2.75) is 17.9 Å². The van der Waals surface area contributed by atoms with Crippen LogP contribution in [0, 0.1) is 5.41 Å². The van der Waals surface area contributed by atoms with Crippen LogP contribution >= 0.6 is 0 Å². The predicted octanol–water partition coefficient (Wildman–Crippen LogP) is 0.558. The van der Waals surface area contributed by atoms with Crippen LogP contribution in [0.25, 0.3) is 0 Å². The molecule has 2 heterocycles. The summed E-state index contributed by atoms with van der Waals surface area (Å²) in [6.45, 7) is 3.61. The molecule has 2 aliphatic heterocycles. The fraction of sp³-hybridized carbons (Fsp3) is 0.348. The van der Waals surface area contributed by atoms with Gasteiger partial charge in [-0.05, 0) is 42.5 Å². The summed E-state index contributed by atoms with van der Waals surface area (Å²) in [6.07, 6.45) is -0.767. The van der Waals surface area contributed by atoms with Crippen molar-refractivity contribution in [3.8, 4) is 0 Å². The first-order chi connectivity index (χ1) is 17.4. The van der Waals surface area contributed by atoms with E-state index in [1.165, 1.54) is 22.5 Å². The minimum Gasteiger partial charge on any atom is -0.481 e. The molecular weight excluding hydrogens is 502 g/mol. The SMILES string of the molecule is CC(=O)O.N=C(N)c1ccc(N2CC(CN3CCN(S(=O)(=O)c4ccc(N)cc4N)CC3)OC2=O)cc1. The van der Waals surface area contributed by atoms with Crippen molar-refractivity contribution in [1.82, 2.24) is 9.21 Å². The number of carboxylic acid groups (broad SMARTS) is 1. The van der Waals surface area contributed by atoms with Gasteiger partial charge in [-0.3, -0.25) is 20.0 Å². The lowest BCUT2D eigenvalue weighted by molar-refractivity contribution is -0.134. The minimum atomic E-state index is -3.71. The molecule has 8 N–H and O–H groups in total. The summed E-state index contributed by atoms with van der Waals surface area (Å²) >= 11 is 0. The molecule has 37 heavy (non-hydrogen) atoms. The molecule has 0 spiro atoms. The number of ether oxygens (including phenoxy) is 1. The van der Waals surface area contributed by atoms with Gasteiger partial charge in [0.25, 0.3) is 5.97 Å². The van der Waals surface area contributed by atoms with E-state index in [2.05, 4.69) is 4.90 Å². The Bertz CT molecular complexity index is 1260. The number of nitrogens with one attached hydrogen (secondary N) is 1. The Balaban J connectivity index is 0.000000886. The lowest BCUT2D eigenvalue weighted by Gasteiger charge is -2.34. The highest BCUT2D eigenvalue weighted by Gasteiger charge is 2.35. The zero-order valence-corrected chi connectivity index (χ0v) is 21.1. The summed E-state index contributed by atoms with van der Waals surface area (Å²) in [5.74, 6) is -0.872. The summed E-state index contributed by atoms with van der Waals surface area (Å²) < 4.78 is 32.9. The first-order valence-electron chi connectivity index (χ1n) is 11.4. The van der Waals surface area contributed by atoms with Crippen molar-refractivity contribution >= 4 is 45.0 Å². The average Bonchev–Trinajstić information content (AvgIpc) is 3.18. The molecule has 200 valence electrons. The van der Waals surface area contributed by atoms with Gasteiger partial charge in [-0.2, -0.15) is 4.31 Å². The smallest absolute Gasteiger partial charge is 0.414 e. The van der Waals surface area contributed by atoms with Crippen molar-refractivity contribution in [2.75, 3.05) is 55.6 Å². The van der Waals surface area contributed by atoms with Crippen LogP contribution in [-0.2, 0) is 19.6 Å². The molecule has 4 rings (SSSR count). The molecule has 0 aromatic heterocycles. The molecule has 2 aromatic carbocycles. The van der Waals surface area contributed by atoms with Crippen LogP contribution in [0.4, 0.5) is 21.9 Å². The van der Waals surface area contributed by atoms with Gasteiger partial charge in [0.05, 0.1) is 12.2 Å². The number of amidine groups is 1. The van der Waals surface area contributed by atoms with Crippen molar-refractivity contribution < 1.29 is 27.9 Å². The van der Waals surface area contributed by atoms with Crippen LogP contribution in [0.2, 0.25) is 0 Å². The number of hydrogen-bond acceptors (Lipinski definition) is 9. The Morgan fingerprint density at radius 3 is 2.24 bits per heavy atom. The minimum absolute atomic E-state index is 0.0383. The molecular formula is C23H31N7O6S. The van der Waals surface area contributed by atoms with E-state index >= 15 is 0 Å². The number of nitrogen functional groups attached to an aromatic ring is 3. The largest absolute Gasteiger partial charge is 0.481 e. The monoisotopic (exact) mass is 533 g/mol. The molecule has 0 aliphatic carbocycles. The highest BCUT2D eigenvalue weighted by molar-refractivity contribution is 7.89. The number of cyclic esters (lactones) is 1. The number of benzene rings is 2. The number of carbonyl (C=O) groups excluding carboxylic acids is 1. The highest BCUT2D eigenvalue weighted by atomic mass is 32.2. The molecule has 1 atom stereocenters. The molecule has 2 saturated heterocycles. The number of hydrogen-bond donors (Lipinski definition) is 5. The molecule has 0 saturated carbocycles. The predicted molar refractivity (Wildman–Crippen MR) is 139 cm³/mol. The maximum Gasteiger partial charge on any atom is 0.414 e. The molecule has 13 nitrogen and oxygen atoms in total. The Hall–Kier alpha value is -3.88. The molecule has 14 heteroatoms. The van der Waals surface area contributed by atoms with E-state index in [1.807, 2.05) is 0 Å². The number of nitrogens with two attached hydrogens (primary N) is 3. The zero-order chi connectivity index (χ0) is 27.3. The van der Waals surface area contributed by atoms with Gasteiger partial charge in [0.15, 0.2) is 0 Å². The van der Waals surface area contributed by atoms with Gasteiger partial charge in [0, 0.05) is 56.6 Å². The number of sulfonamides is 1. The van der Waals surface area contributed by atoms with Crippen molar-refractivity contribution in [1.29, 1.82) is 5.41 Å². The first kappa shape index (κ1) is 27.7. The number of carboxylic acids is 1. The zero-order valence-electron chi connectivity index (χ0n) is 20.3. The fourth-order valence-electron chi connectivity index (χ4n) is 4.03. The van der Waals surface area contributed by atoms with Gasteiger partial charge in [0.1, 0.15) is 16.8 Å². The van der Waals surface area contributed by atoms with Gasteiger partial charge in [-0.25, -0.2) is 13.2 Å². The van der Waals surface area contributed by atoms with Gasteiger partial charge in [-0.1, -0.05) is 0 Å². The van der Waals surface area contributed by atoms with Gasteiger partial charge in [0.2, 0.25) is 10.0 Å². The molecule has 0 bridgehead atoms. The number of amides is 1. The summed E-state index contributed by atoms with van der Waals surface area (Å²) in [6, 6.07) is 11.2. The van der Waals surface area contributed by atoms with Crippen LogP contribution < -0.4 is 22.1 Å². The van der Waals surface area contributed by atoms with Crippen LogP contribution in [-0.4, -0.2) is 86.0 Å². The fourth-order valence-corrected chi connectivity index (χ4v) is 5.55. The maximum absolute atomic E-state index is 13.0. The Morgan fingerprint density at radius 2 is 1.70 bits per heavy atom. The summed E-state index contributed by atoms with van der Waals surface area (Å²) in [4.78, 5) is 25.0.